The summed E-state index contributed by atoms with van der Waals surface area (Å²) in [5.74, 6) is -0.615. The highest BCUT2D eigenvalue weighted by Gasteiger charge is 2.15. The van der Waals surface area contributed by atoms with Crippen molar-refractivity contribution in [2.45, 2.75) is 13.3 Å². The molecule has 0 saturated heterocycles. The molecule has 10 heteroatoms. The van der Waals surface area contributed by atoms with Gasteiger partial charge in [0.05, 0.1) is 21.3 Å². The van der Waals surface area contributed by atoms with Gasteiger partial charge in [0.25, 0.3) is 5.91 Å². The molecule has 3 amide bonds. The van der Waals surface area contributed by atoms with Gasteiger partial charge in [-0.2, -0.15) is 0 Å². The fraction of sp³-hybridized carbons (Fsp3) is 0.125. The average Bonchev–Trinajstić information content (AvgIpc) is 2.80. The molecule has 0 fully saturated rings. The number of halogens is 3. The molecule has 34 heavy (non-hydrogen) atoms. The Morgan fingerprint density at radius 1 is 0.912 bits per heavy atom. The summed E-state index contributed by atoms with van der Waals surface area (Å²) in [4.78, 5) is 26.4. The summed E-state index contributed by atoms with van der Waals surface area (Å²) in [6.45, 7) is 2.75. The molecule has 0 radical (unpaired) electrons. The summed E-state index contributed by atoms with van der Waals surface area (Å²) in [7, 11) is 0. The van der Waals surface area contributed by atoms with Crippen LogP contribution in [0.3, 0.4) is 0 Å². The van der Waals surface area contributed by atoms with E-state index in [0.717, 1.165) is 12.1 Å². The first-order chi connectivity index (χ1) is 16.3. The first-order valence-electron chi connectivity index (χ1n) is 10.3. The van der Waals surface area contributed by atoms with Crippen molar-refractivity contribution in [3.05, 3.63) is 87.4 Å². The lowest BCUT2D eigenvalue weighted by molar-refractivity contribution is 0.0967. The summed E-state index contributed by atoms with van der Waals surface area (Å²) >= 11 is 24.0. The number of benzene rings is 3. The van der Waals surface area contributed by atoms with Gasteiger partial charge < -0.3 is 15.5 Å². The fourth-order valence-electron chi connectivity index (χ4n) is 3.05. The summed E-state index contributed by atoms with van der Waals surface area (Å²) < 4.78 is 0. The number of thiocarbonyl (C=S) groups is 1. The van der Waals surface area contributed by atoms with E-state index in [1.54, 1.807) is 48.5 Å². The first kappa shape index (κ1) is 25.8. The number of amides is 3. The number of nitrogens with one attached hydrogen (secondary N) is 3. The van der Waals surface area contributed by atoms with Crippen LogP contribution in [0.4, 0.5) is 21.9 Å². The van der Waals surface area contributed by atoms with E-state index in [1.807, 2.05) is 17.0 Å². The maximum Gasteiger partial charge on any atom is 0.326 e. The molecule has 0 aromatic heterocycles. The van der Waals surface area contributed by atoms with E-state index in [4.69, 9.17) is 47.0 Å². The van der Waals surface area contributed by atoms with Crippen molar-refractivity contribution in [1.82, 2.24) is 5.32 Å². The molecule has 0 unspecified atom stereocenters. The Labute approximate surface area is 218 Å². The second-order valence-electron chi connectivity index (χ2n) is 7.14. The van der Waals surface area contributed by atoms with Gasteiger partial charge in [-0.05, 0) is 73.2 Å². The number of hydrogen-bond acceptors (Lipinski definition) is 3. The first-order valence-corrected chi connectivity index (χ1v) is 11.8. The minimum Gasteiger partial charge on any atom is -0.331 e. The van der Waals surface area contributed by atoms with Crippen LogP contribution in [0.2, 0.25) is 15.1 Å². The molecule has 0 aliphatic rings. The van der Waals surface area contributed by atoms with Gasteiger partial charge >= 0.3 is 6.03 Å². The van der Waals surface area contributed by atoms with Gasteiger partial charge in [-0.15, -0.1) is 0 Å². The van der Waals surface area contributed by atoms with E-state index in [2.05, 4.69) is 22.9 Å². The number of urea groups is 1. The quantitative estimate of drug-likeness (QED) is 0.291. The van der Waals surface area contributed by atoms with E-state index in [9.17, 15) is 9.59 Å². The van der Waals surface area contributed by atoms with Crippen molar-refractivity contribution in [2.75, 3.05) is 22.1 Å². The summed E-state index contributed by atoms with van der Waals surface area (Å²) in [6, 6.07) is 18.0. The molecule has 0 heterocycles. The topological polar surface area (TPSA) is 73.5 Å². The van der Waals surface area contributed by atoms with Crippen molar-refractivity contribution in [3.8, 4) is 0 Å². The molecule has 0 bridgehead atoms. The molecule has 0 spiro atoms. The number of carbonyl (C=O) groups is 2. The third-order valence-corrected chi connectivity index (χ3v) is 5.86. The van der Waals surface area contributed by atoms with Gasteiger partial charge in [-0.25, -0.2) is 4.79 Å². The van der Waals surface area contributed by atoms with Gasteiger partial charge in [0.1, 0.15) is 0 Å². The van der Waals surface area contributed by atoms with Crippen molar-refractivity contribution in [3.63, 3.8) is 0 Å². The summed E-state index contributed by atoms with van der Waals surface area (Å²) in [5.41, 5.74) is 2.06. The maximum absolute atomic E-state index is 12.2. The van der Waals surface area contributed by atoms with Crippen LogP contribution in [0, 0.1) is 0 Å². The van der Waals surface area contributed by atoms with Crippen LogP contribution in [-0.2, 0) is 0 Å². The molecular formula is C24H21Cl3N4O2S. The van der Waals surface area contributed by atoms with E-state index in [1.165, 1.54) is 6.07 Å². The highest BCUT2D eigenvalue weighted by atomic mass is 35.5. The lowest BCUT2D eigenvalue weighted by Gasteiger charge is -2.26. The maximum atomic E-state index is 12.2. The molecule has 3 aromatic carbocycles. The minimum absolute atomic E-state index is 0.197. The van der Waals surface area contributed by atoms with E-state index >= 15 is 0 Å². The average molecular weight is 536 g/mol. The van der Waals surface area contributed by atoms with Crippen LogP contribution in [0.15, 0.2) is 66.7 Å². The molecule has 6 nitrogen and oxygen atoms in total. The van der Waals surface area contributed by atoms with Crippen molar-refractivity contribution < 1.29 is 9.59 Å². The Morgan fingerprint density at radius 2 is 1.62 bits per heavy atom. The number of hydrogen-bond donors (Lipinski definition) is 3. The summed E-state index contributed by atoms with van der Waals surface area (Å²) in [6.07, 6.45) is 0.878. The molecule has 3 aromatic rings. The molecule has 0 aliphatic carbocycles. The molecule has 0 saturated carbocycles. The van der Waals surface area contributed by atoms with Crippen molar-refractivity contribution in [2.24, 2.45) is 0 Å². The van der Waals surface area contributed by atoms with Crippen LogP contribution < -0.4 is 20.9 Å². The lowest BCUT2D eigenvalue weighted by atomic mass is 10.2. The Hall–Kier alpha value is -2.84. The predicted molar refractivity (Wildman–Crippen MR) is 145 cm³/mol. The molecule has 3 rings (SSSR count). The Kier molecular flexibility index (Phi) is 9.12. The van der Waals surface area contributed by atoms with Crippen LogP contribution in [-0.4, -0.2) is 23.6 Å². The van der Waals surface area contributed by atoms with E-state index in [-0.39, 0.29) is 10.6 Å². The largest absolute Gasteiger partial charge is 0.331 e. The Bertz CT molecular complexity index is 1210. The van der Waals surface area contributed by atoms with Gasteiger partial charge in [0, 0.05) is 22.9 Å². The number of nitrogens with zero attached hydrogens (tertiary/aromatic N) is 1. The lowest BCUT2D eigenvalue weighted by Crippen LogP contribution is -2.35. The molecule has 3 N–H and O–H groups in total. The Morgan fingerprint density at radius 3 is 2.26 bits per heavy atom. The number of rotatable bonds is 6. The van der Waals surface area contributed by atoms with Crippen molar-refractivity contribution >= 4 is 81.1 Å². The van der Waals surface area contributed by atoms with E-state index < -0.39 is 11.9 Å². The molecular weight excluding hydrogens is 515 g/mol. The zero-order chi connectivity index (χ0) is 24.7. The van der Waals surface area contributed by atoms with Crippen molar-refractivity contribution in [1.29, 1.82) is 0 Å². The highest BCUT2D eigenvalue weighted by Crippen LogP contribution is 2.27. The number of anilines is 3. The zero-order valence-corrected chi connectivity index (χ0v) is 21.2. The molecule has 0 aliphatic heterocycles. The van der Waals surface area contributed by atoms with Crippen LogP contribution in [0.5, 0.6) is 0 Å². The predicted octanol–water partition coefficient (Wildman–Crippen LogP) is 7.22. The second kappa shape index (κ2) is 12.0. The van der Waals surface area contributed by atoms with Gasteiger partial charge in [-0.3, -0.25) is 10.1 Å². The second-order valence-corrected chi connectivity index (χ2v) is 8.78. The molecule has 176 valence electrons. The zero-order valence-electron chi connectivity index (χ0n) is 18.1. The number of carbonyl (C=O) groups excluding carboxylic acids is 2. The number of imide groups is 1. The third-order valence-electron chi connectivity index (χ3n) is 4.64. The van der Waals surface area contributed by atoms with Gasteiger partial charge in [-0.1, -0.05) is 53.9 Å². The standard InChI is InChI=1S/C24H21Cl3N4O2S/c1-2-13-31(17-10-7-15(25)8-11-17)24(34)29-21-12-9-16(14-20(21)27)28-23(33)30-22(32)18-5-3-4-6-19(18)26/h3-12,14H,2,13H2,1H3,(H,29,34)(H2,28,30,32,33). The van der Waals surface area contributed by atoms with Crippen LogP contribution in [0.25, 0.3) is 0 Å². The SMILES string of the molecule is CCCN(C(=S)Nc1ccc(NC(=O)NC(=O)c2ccccc2Cl)cc1Cl)c1ccc(Cl)cc1. The summed E-state index contributed by atoms with van der Waals surface area (Å²) in [5, 5.41) is 9.65. The van der Waals surface area contributed by atoms with Crippen LogP contribution >= 0.6 is 47.0 Å². The molecule has 0 atom stereocenters. The fourth-order valence-corrected chi connectivity index (χ4v) is 3.93. The van der Waals surface area contributed by atoms with Gasteiger partial charge in [0.15, 0.2) is 5.11 Å². The normalized spacial score (nSPS) is 10.4. The minimum atomic E-state index is -0.714. The third kappa shape index (κ3) is 6.84. The van der Waals surface area contributed by atoms with Crippen LogP contribution in [0.1, 0.15) is 23.7 Å². The smallest absolute Gasteiger partial charge is 0.326 e. The van der Waals surface area contributed by atoms with E-state index in [0.29, 0.717) is 33.1 Å². The van der Waals surface area contributed by atoms with Gasteiger partial charge in [0.2, 0.25) is 0 Å². The monoisotopic (exact) mass is 534 g/mol. The highest BCUT2D eigenvalue weighted by molar-refractivity contribution is 7.80. The Balaban J connectivity index is 1.65.